The van der Waals surface area contributed by atoms with Crippen LogP contribution in [0.2, 0.25) is 0 Å². The number of nitrogens with one attached hydrogen (secondary N) is 1. The molecule has 0 radical (unpaired) electrons. The minimum atomic E-state index is 0.302. The van der Waals surface area contributed by atoms with Gasteiger partial charge in [0, 0.05) is 13.1 Å². The molecule has 1 N–H and O–H groups in total. The molecule has 2 saturated heterocycles. The van der Waals surface area contributed by atoms with E-state index in [-0.39, 0.29) is 0 Å². The highest BCUT2D eigenvalue weighted by molar-refractivity contribution is 5.79. The summed E-state index contributed by atoms with van der Waals surface area (Å²) in [5.74, 6) is 1.97. The van der Waals surface area contributed by atoms with Gasteiger partial charge in [-0.05, 0) is 69.2 Å². The molecule has 1 aromatic rings. The number of carbonyl (C=O) groups excluding carboxylic acids is 1. The van der Waals surface area contributed by atoms with E-state index in [1.807, 2.05) is 0 Å². The second-order valence-corrected chi connectivity index (χ2v) is 7.08. The molecule has 3 rings (SSSR count). The highest BCUT2D eigenvalue weighted by atomic mass is 16.2. The molecule has 2 heterocycles. The van der Waals surface area contributed by atoms with E-state index >= 15 is 0 Å². The zero-order valence-electron chi connectivity index (χ0n) is 13.9. The van der Waals surface area contributed by atoms with E-state index < -0.39 is 0 Å². The number of carbonyl (C=O) groups is 1. The summed E-state index contributed by atoms with van der Waals surface area (Å²) in [4.78, 5) is 14.7. The minimum Gasteiger partial charge on any atom is -0.342 e. The van der Waals surface area contributed by atoms with E-state index in [0.29, 0.717) is 12.3 Å². The molecule has 3 nitrogen and oxygen atoms in total. The highest BCUT2D eigenvalue weighted by Crippen LogP contribution is 2.29. The van der Waals surface area contributed by atoms with E-state index in [4.69, 9.17) is 0 Å². The SMILES string of the molecule is Cc1ccc(C)c(CC(=O)N2CCC(C3CCNC3)CC2)c1. The fourth-order valence-corrected chi connectivity index (χ4v) is 3.97. The molecule has 22 heavy (non-hydrogen) atoms. The molecule has 0 aliphatic carbocycles. The Hall–Kier alpha value is -1.35. The third-order valence-corrected chi connectivity index (χ3v) is 5.50. The molecule has 1 unspecified atom stereocenters. The topological polar surface area (TPSA) is 32.3 Å². The maximum absolute atomic E-state index is 12.6. The van der Waals surface area contributed by atoms with Gasteiger partial charge in [-0.25, -0.2) is 0 Å². The number of amides is 1. The zero-order chi connectivity index (χ0) is 15.5. The molecular formula is C19H28N2O. The second kappa shape index (κ2) is 6.82. The second-order valence-electron chi connectivity index (χ2n) is 7.08. The van der Waals surface area contributed by atoms with Crippen molar-refractivity contribution in [3.05, 3.63) is 34.9 Å². The largest absolute Gasteiger partial charge is 0.342 e. The summed E-state index contributed by atoms with van der Waals surface area (Å²) >= 11 is 0. The van der Waals surface area contributed by atoms with E-state index in [1.165, 1.54) is 49.0 Å². The summed E-state index contributed by atoms with van der Waals surface area (Å²) in [6.07, 6.45) is 4.25. The van der Waals surface area contributed by atoms with Gasteiger partial charge in [-0.3, -0.25) is 4.79 Å². The lowest BCUT2D eigenvalue weighted by Gasteiger charge is -2.34. The predicted octanol–water partition coefficient (Wildman–Crippen LogP) is 2.69. The molecule has 1 atom stereocenters. The van der Waals surface area contributed by atoms with E-state index in [1.54, 1.807) is 0 Å². The van der Waals surface area contributed by atoms with Crippen molar-refractivity contribution >= 4 is 5.91 Å². The summed E-state index contributed by atoms with van der Waals surface area (Å²) < 4.78 is 0. The molecule has 120 valence electrons. The van der Waals surface area contributed by atoms with Crippen LogP contribution in [0.25, 0.3) is 0 Å². The number of aryl methyl sites for hydroxylation is 2. The predicted molar refractivity (Wildman–Crippen MR) is 89.9 cm³/mol. The first-order chi connectivity index (χ1) is 10.6. The Morgan fingerprint density at radius 3 is 2.64 bits per heavy atom. The van der Waals surface area contributed by atoms with Gasteiger partial charge in [-0.15, -0.1) is 0 Å². The molecule has 0 saturated carbocycles. The lowest BCUT2D eigenvalue weighted by Crippen LogP contribution is -2.41. The van der Waals surface area contributed by atoms with Crippen LogP contribution in [0.4, 0.5) is 0 Å². The van der Waals surface area contributed by atoms with Gasteiger partial charge in [0.15, 0.2) is 0 Å². The van der Waals surface area contributed by atoms with Crippen LogP contribution in [-0.2, 0) is 11.2 Å². The molecule has 0 aromatic heterocycles. The first-order valence-electron chi connectivity index (χ1n) is 8.68. The standard InChI is InChI=1S/C19H28N2O/c1-14-3-4-15(2)18(11-14)12-19(22)21-9-6-16(7-10-21)17-5-8-20-13-17/h3-4,11,16-17,20H,5-10,12-13H2,1-2H3. The van der Waals surface area contributed by atoms with Crippen molar-refractivity contribution in [2.24, 2.45) is 11.8 Å². The average molecular weight is 300 g/mol. The lowest BCUT2D eigenvalue weighted by molar-refractivity contribution is -0.132. The third-order valence-electron chi connectivity index (χ3n) is 5.50. The van der Waals surface area contributed by atoms with Gasteiger partial charge in [-0.2, -0.15) is 0 Å². The fourth-order valence-electron chi connectivity index (χ4n) is 3.97. The van der Waals surface area contributed by atoms with Gasteiger partial charge in [0.05, 0.1) is 6.42 Å². The van der Waals surface area contributed by atoms with Crippen molar-refractivity contribution in [2.45, 2.75) is 39.5 Å². The molecule has 0 bridgehead atoms. The number of hydrogen-bond donors (Lipinski definition) is 1. The van der Waals surface area contributed by atoms with Crippen molar-refractivity contribution in [1.29, 1.82) is 0 Å². The number of piperidine rings is 1. The number of likely N-dealkylation sites (tertiary alicyclic amines) is 1. The Balaban J connectivity index is 1.54. The van der Waals surface area contributed by atoms with Crippen LogP contribution in [0.1, 0.15) is 36.0 Å². The highest BCUT2D eigenvalue weighted by Gasteiger charge is 2.29. The average Bonchev–Trinajstić information content (AvgIpc) is 3.05. The smallest absolute Gasteiger partial charge is 0.226 e. The first kappa shape index (κ1) is 15.5. The van der Waals surface area contributed by atoms with Crippen LogP contribution >= 0.6 is 0 Å². The summed E-state index contributed by atoms with van der Waals surface area (Å²) in [5.41, 5.74) is 3.65. The molecule has 2 aliphatic rings. The van der Waals surface area contributed by atoms with E-state index in [0.717, 1.165) is 24.9 Å². The first-order valence-corrected chi connectivity index (χ1v) is 8.68. The van der Waals surface area contributed by atoms with Gasteiger partial charge in [0.1, 0.15) is 0 Å². The van der Waals surface area contributed by atoms with E-state index in [9.17, 15) is 4.79 Å². The normalized spacial score (nSPS) is 23.0. The van der Waals surface area contributed by atoms with Gasteiger partial charge in [0.25, 0.3) is 0 Å². The fraction of sp³-hybridized carbons (Fsp3) is 0.632. The van der Waals surface area contributed by atoms with Crippen molar-refractivity contribution in [3.63, 3.8) is 0 Å². The van der Waals surface area contributed by atoms with Gasteiger partial charge in [-0.1, -0.05) is 23.8 Å². The number of hydrogen-bond acceptors (Lipinski definition) is 2. The zero-order valence-corrected chi connectivity index (χ0v) is 13.9. The summed E-state index contributed by atoms with van der Waals surface area (Å²) in [6.45, 7) is 8.45. The van der Waals surface area contributed by atoms with Crippen LogP contribution < -0.4 is 5.32 Å². The Morgan fingerprint density at radius 1 is 1.18 bits per heavy atom. The maximum Gasteiger partial charge on any atom is 0.226 e. The Kier molecular flexibility index (Phi) is 4.82. The van der Waals surface area contributed by atoms with Crippen molar-refractivity contribution in [2.75, 3.05) is 26.2 Å². The lowest BCUT2D eigenvalue weighted by atomic mass is 9.83. The van der Waals surface area contributed by atoms with Crippen LogP contribution in [0.15, 0.2) is 18.2 Å². The monoisotopic (exact) mass is 300 g/mol. The molecule has 2 aliphatic heterocycles. The van der Waals surface area contributed by atoms with Gasteiger partial charge in [0.2, 0.25) is 5.91 Å². The Bertz CT molecular complexity index is 526. The van der Waals surface area contributed by atoms with Gasteiger partial charge < -0.3 is 10.2 Å². The van der Waals surface area contributed by atoms with Crippen LogP contribution in [0.3, 0.4) is 0 Å². The molecule has 0 spiro atoms. The van der Waals surface area contributed by atoms with Crippen LogP contribution in [-0.4, -0.2) is 37.0 Å². The number of rotatable bonds is 3. The number of benzene rings is 1. The molecule has 3 heteroatoms. The van der Waals surface area contributed by atoms with Crippen molar-refractivity contribution < 1.29 is 4.79 Å². The Morgan fingerprint density at radius 2 is 1.95 bits per heavy atom. The summed E-state index contributed by atoms with van der Waals surface area (Å²) in [7, 11) is 0. The van der Waals surface area contributed by atoms with Gasteiger partial charge >= 0.3 is 0 Å². The molecule has 1 aromatic carbocycles. The van der Waals surface area contributed by atoms with Crippen LogP contribution in [0.5, 0.6) is 0 Å². The van der Waals surface area contributed by atoms with E-state index in [2.05, 4.69) is 42.3 Å². The molecule has 1 amide bonds. The summed E-state index contributed by atoms with van der Waals surface area (Å²) in [6, 6.07) is 6.39. The third kappa shape index (κ3) is 3.52. The molecule has 2 fully saturated rings. The minimum absolute atomic E-state index is 0.302. The quantitative estimate of drug-likeness (QED) is 0.931. The molecular weight excluding hydrogens is 272 g/mol. The van der Waals surface area contributed by atoms with Crippen molar-refractivity contribution in [1.82, 2.24) is 10.2 Å². The Labute approximate surface area is 134 Å². The number of nitrogens with zero attached hydrogens (tertiary/aromatic N) is 1. The maximum atomic E-state index is 12.6. The van der Waals surface area contributed by atoms with Crippen molar-refractivity contribution in [3.8, 4) is 0 Å². The van der Waals surface area contributed by atoms with Crippen LogP contribution in [0, 0.1) is 25.7 Å². The summed E-state index contributed by atoms with van der Waals surface area (Å²) in [5, 5.41) is 3.47.